The second-order valence-electron chi connectivity index (χ2n) is 7.78. The highest BCUT2D eigenvalue weighted by atomic mass is 35.5. The number of rotatable bonds is 9. The molecule has 4 N–H and O–H groups in total. The number of aromatic nitrogens is 6. The summed E-state index contributed by atoms with van der Waals surface area (Å²) in [5.74, 6) is -2.17. The maximum atomic E-state index is 13.1. The fourth-order valence-electron chi connectivity index (χ4n) is 3.76. The first-order chi connectivity index (χ1) is 17.9. The smallest absolute Gasteiger partial charge is 0.276 e. The van der Waals surface area contributed by atoms with E-state index in [1.165, 1.54) is 17.1 Å². The van der Waals surface area contributed by atoms with Gasteiger partial charge in [0, 0.05) is 28.8 Å². The number of H-pyrrole nitrogens is 1. The number of aromatic amines is 1. The number of hydrogen-bond donors (Lipinski definition) is 3. The second-order valence-corrected chi connectivity index (χ2v) is 9.78. The van der Waals surface area contributed by atoms with Crippen molar-refractivity contribution < 1.29 is 28.9 Å². The Morgan fingerprint density at radius 1 is 1.31 bits per heavy atom. The van der Waals surface area contributed by atoms with Gasteiger partial charge in [0.15, 0.2) is 42.2 Å². The Kier molecular flexibility index (Phi) is 9.79. The molecule has 0 bridgehead atoms. The summed E-state index contributed by atoms with van der Waals surface area (Å²) in [6.45, 7) is 0.130. The maximum absolute atomic E-state index is 13.1. The lowest BCUT2D eigenvalue weighted by atomic mass is 10.0. The van der Waals surface area contributed by atoms with Crippen LogP contribution in [0.4, 0.5) is 5.13 Å². The summed E-state index contributed by atoms with van der Waals surface area (Å²) >= 11 is 2.44. The molecule has 0 saturated carbocycles. The maximum Gasteiger partial charge on any atom is 0.276 e. The molecule has 3 aromatic rings. The minimum absolute atomic E-state index is 0. The number of pyridine rings is 1. The second kappa shape index (κ2) is 12.8. The van der Waals surface area contributed by atoms with Gasteiger partial charge in [-0.15, -0.1) is 53.0 Å². The molecule has 206 valence electrons. The molecule has 0 radical (unpaired) electrons. The largest absolute Gasteiger partial charge is 0.543 e. The van der Waals surface area contributed by atoms with Crippen LogP contribution in [-0.4, -0.2) is 71.2 Å². The first-order valence-electron chi connectivity index (χ1n) is 10.7. The number of tetrazole rings is 1. The number of nitrogen functional groups attached to an aromatic ring is 1. The average Bonchev–Trinajstić information content (AvgIpc) is 3.57. The molecule has 39 heavy (non-hydrogen) atoms. The van der Waals surface area contributed by atoms with Gasteiger partial charge in [-0.2, -0.15) is 0 Å². The van der Waals surface area contributed by atoms with E-state index >= 15 is 0 Å². The topological polar surface area (TPSA) is 208 Å². The van der Waals surface area contributed by atoms with Gasteiger partial charge in [0.2, 0.25) is 0 Å². The zero-order valence-corrected chi connectivity index (χ0v) is 22.9. The van der Waals surface area contributed by atoms with Crippen LogP contribution < -0.4 is 20.7 Å². The molecule has 2 aliphatic rings. The molecule has 1 saturated heterocycles. The van der Waals surface area contributed by atoms with E-state index in [-0.39, 0.29) is 66.0 Å². The first-order valence-corrected chi connectivity index (χ1v) is 12.6. The standard InChI is InChI=1S/C20H18N10O5S2.2ClH/c21-20-22-11(9-37-20)13(26-35-7-12-24-27-28-25-12)16(31)23-14-17(32)30-15(19(33)34)10(8-36-18(14)30)6-29-4-2-1-3-5-29;;/h1-5,9,14,18H,6-8H2,(H4-,21,22,23,24,25,27,28,31,33,34);2*1H/t14-,18+;;/m1../s1. The molecule has 15 nitrogen and oxygen atoms in total. The number of carboxylic acid groups (broad SMARTS) is 1. The third-order valence-corrected chi connectivity index (χ3v) is 7.42. The minimum atomic E-state index is -1.45. The van der Waals surface area contributed by atoms with E-state index in [0.29, 0.717) is 11.3 Å². The van der Waals surface area contributed by atoms with Crippen LogP contribution in [-0.2, 0) is 32.4 Å². The van der Waals surface area contributed by atoms with Crippen LogP contribution in [0.2, 0.25) is 0 Å². The van der Waals surface area contributed by atoms with Crippen molar-refractivity contribution in [1.29, 1.82) is 0 Å². The minimum Gasteiger partial charge on any atom is -0.543 e. The van der Waals surface area contributed by atoms with Gasteiger partial charge in [-0.3, -0.25) is 14.5 Å². The normalized spacial score (nSPS) is 18.3. The number of thiazole rings is 1. The SMILES string of the molecule is Cl.Cl.Nc1nc(C(=NOCc2nnn[nH]2)C(=O)N[C@@H]2C(=O)N3C(C(=O)[O-])=C(C[n+]4ccccc4)CS[C@@H]23)cs1. The van der Waals surface area contributed by atoms with Gasteiger partial charge in [-0.05, 0) is 10.4 Å². The van der Waals surface area contributed by atoms with Gasteiger partial charge in [0.25, 0.3) is 11.8 Å². The van der Waals surface area contributed by atoms with E-state index in [9.17, 15) is 19.5 Å². The predicted molar refractivity (Wildman–Crippen MR) is 140 cm³/mol. The fourth-order valence-corrected chi connectivity index (χ4v) is 5.64. The van der Waals surface area contributed by atoms with Crippen molar-refractivity contribution in [1.82, 2.24) is 35.8 Å². The zero-order valence-electron chi connectivity index (χ0n) is 19.6. The number of nitrogens with zero attached hydrogens (tertiary/aromatic N) is 7. The van der Waals surface area contributed by atoms with Crippen molar-refractivity contribution in [3.63, 3.8) is 0 Å². The average molecular weight is 615 g/mol. The number of halogens is 2. The molecule has 19 heteroatoms. The molecule has 2 amide bonds. The van der Waals surface area contributed by atoms with Gasteiger partial charge >= 0.3 is 0 Å². The van der Waals surface area contributed by atoms with Crippen LogP contribution in [0.15, 0.2) is 52.4 Å². The molecule has 0 spiro atoms. The van der Waals surface area contributed by atoms with Crippen molar-refractivity contribution in [3.8, 4) is 0 Å². The van der Waals surface area contributed by atoms with Gasteiger partial charge < -0.3 is 25.8 Å². The van der Waals surface area contributed by atoms with Crippen LogP contribution in [0.1, 0.15) is 11.5 Å². The molecule has 2 aliphatic heterocycles. The summed E-state index contributed by atoms with van der Waals surface area (Å²) in [6, 6.07) is 4.49. The zero-order chi connectivity index (χ0) is 25.9. The molecule has 0 unspecified atom stereocenters. The lowest BCUT2D eigenvalue weighted by Gasteiger charge is -2.50. The number of carbonyl (C=O) groups excluding carboxylic acids is 3. The molecular formula is C20H20Cl2N10O5S2. The van der Waals surface area contributed by atoms with Gasteiger partial charge in [-0.25, -0.2) is 14.6 Å². The first kappa shape index (κ1) is 29.8. The van der Waals surface area contributed by atoms with Crippen molar-refractivity contribution in [2.24, 2.45) is 5.16 Å². The number of oxime groups is 1. The van der Waals surface area contributed by atoms with Gasteiger partial charge in [0.05, 0.1) is 11.7 Å². The summed E-state index contributed by atoms with van der Waals surface area (Å²) in [4.78, 5) is 48.5. The van der Waals surface area contributed by atoms with Gasteiger partial charge in [0.1, 0.15) is 17.1 Å². The van der Waals surface area contributed by atoms with Gasteiger partial charge in [-0.1, -0.05) is 11.2 Å². The number of carbonyl (C=O) groups is 3. The van der Waals surface area contributed by atoms with Crippen LogP contribution in [0.25, 0.3) is 0 Å². The van der Waals surface area contributed by atoms with Crippen molar-refractivity contribution in [3.05, 3.63) is 58.8 Å². The van der Waals surface area contributed by atoms with E-state index < -0.39 is 29.2 Å². The number of β-lactam (4-membered cyclic amide) rings is 1. The molecule has 5 heterocycles. The number of hydrogen-bond acceptors (Lipinski definition) is 13. The highest BCUT2D eigenvalue weighted by molar-refractivity contribution is 8.00. The summed E-state index contributed by atoms with van der Waals surface area (Å²) in [7, 11) is 0. The van der Waals surface area contributed by atoms with Crippen molar-refractivity contribution in [2.75, 3.05) is 11.5 Å². The molecule has 2 atom stereocenters. The predicted octanol–water partition coefficient (Wildman–Crippen LogP) is -1.61. The number of thioether (sulfide) groups is 1. The number of nitrogens with two attached hydrogens (primary N) is 1. The van der Waals surface area contributed by atoms with E-state index in [2.05, 4.69) is 36.1 Å². The van der Waals surface area contributed by atoms with Crippen LogP contribution >= 0.6 is 47.9 Å². The van der Waals surface area contributed by atoms with Crippen LogP contribution in [0.3, 0.4) is 0 Å². The highest BCUT2D eigenvalue weighted by Crippen LogP contribution is 2.40. The summed E-state index contributed by atoms with van der Waals surface area (Å²) < 4.78 is 1.81. The van der Waals surface area contributed by atoms with Crippen molar-refractivity contribution in [2.45, 2.75) is 24.6 Å². The van der Waals surface area contributed by atoms with E-state index in [0.717, 1.165) is 16.2 Å². The fraction of sp³-hybridized carbons (Fsp3) is 0.250. The monoisotopic (exact) mass is 614 g/mol. The van der Waals surface area contributed by atoms with Crippen LogP contribution in [0, 0.1) is 0 Å². The summed E-state index contributed by atoms with van der Waals surface area (Å²) in [6.07, 6.45) is 3.59. The van der Waals surface area contributed by atoms with E-state index in [1.54, 1.807) is 17.0 Å². The third kappa shape index (κ3) is 6.27. The Morgan fingerprint density at radius 3 is 2.72 bits per heavy atom. The molecular weight excluding hydrogens is 595 g/mol. The Morgan fingerprint density at radius 2 is 2.08 bits per heavy atom. The summed E-state index contributed by atoms with van der Waals surface area (Å²) in [5, 5.41) is 32.5. The molecule has 3 aromatic heterocycles. The Labute approximate surface area is 240 Å². The lowest BCUT2D eigenvalue weighted by molar-refractivity contribution is -0.689. The number of nitrogens with one attached hydrogen (secondary N) is 2. The van der Waals surface area contributed by atoms with Crippen molar-refractivity contribution >= 4 is 76.5 Å². The molecule has 5 rings (SSSR count). The number of aliphatic carboxylic acids is 1. The molecule has 0 aromatic carbocycles. The van der Waals surface area contributed by atoms with Crippen LogP contribution in [0.5, 0.6) is 0 Å². The Hall–Kier alpha value is -3.80. The lowest BCUT2D eigenvalue weighted by Crippen LogP contribution is -2.71. The Balaban J connectivity index is 0.00000210. The number of carboxylic acids is 1. The highest BCUT2D eigenvalue weighted by Gasteiger charge is 2.53. The molecule has 0 aliphatic carbocycles. The number of amides is 2. The quantitative estimate of drug-likeness (QED) is 0.108. The molecule has 1 fully saturated rings. The third-order valence-electron chi connectivity index (χ3n) is 5.40. The van der Waals surface area contributed by atoms with E-state index in [4.69, 9.17) is 10.6 Å². The van der Waals surface area contributed by atoms with E-state index in [1.807, 2.05) is 18.2 Å². The number of fused-ring (bicyclic) bond motifs is 1. The Bertz CT molecular complexity index is 1400. The summed E-state index contributed by atoms with van der Waals surface area (Å²) in [5.41, 5.74) is 5.98. The number of anilines is 1.